The van der Waals surface area contributed by atoms with Gasteiger partial charge in [0.25, 0.3) is 0 Å². The first kappa shape index (κ1) is 12.9. The summed E-state index contributed by atoms with van der Waals surface area (Å²) >= 11 is 5.75. The molecule has 0 spiro atoms. The number of nitrogen functional groups attached to an aromatic ring is 1. The van der Waals surface area contributed by atoms with E-state index in [0.29, 0.717) is 23.5 Å². The van der Waals surface area contributed by atoms with Crippen LogP contribution in [0.3, 0.4) is 0 Å². The summed E-state index contributed by atoms with van der Waals surface area (Å²) in [6, 6.07) is 4.79. The first-order valence-electron chi connectivity index (χ1n) is 6.14. The van der Waals surface area contributed by atoms with Crippen molar-refractivity contribution < 1.29 is 4.39 Å². The third kappa shape index (κ3) is 2.12. The van der Waals surface area contributed by atoms with Gasteiger partial charge in [-0.05, 0) is 12.1 Å². The molecule has 0 unspecified atom stereocenters. The van der Waals surface area contributed by atoms with Gasteiger partial charge in [0, 0.05) is 38.0 Å². The largest absolute Gasteiger partial charge is 0.369 e. The molecule has 0 amide bonds. The van der Waals surface area contributed by atoms with Crippen LogP contribution in [0.2, 0.25) is 5.02 Å². The van der Waals surface area contributed by atoms with Crippen LogP contribution in [0.1, 0.15) is 5.69 Å². The zero-order valence-corrected chi connectivity index (χ0v) is 11.6. The van der Waals surface area contributed by atoms with Gasteiger partial charge in [-0.3, -0.25) is 4.68 Å². The maximum Gasteiger partial charge on any atom is 0.201 e. The van der Waals surface area contributed by atoms with Gasteiger partial charge in [-0.25, -0.2) is 9.37 Å². The molecular weight excluding hydrogens is 281 g/mol. The molecule has 0 saturated carbocycles. The van der Waals surface area contributed by atoms with Crippen molar-refractivity contribution in [2.24, 2.45) is 7.05 Å². The van der Waals surface area contributed by atoms with Crippen molar-refractivity contribution in [3.05, 3.63) is 40.9 Å². The van der Waals surface area contributed by atoms with Crippen LogP contribution in [0.4, 0.5) is 10.3 Å². The quantitative estimate of drug-likeness (QED) is 0.806. The maximum atomic E-state index is 13.6. The molecule has 0 fully saturated rings. The number of rotatable bonds is 3. The van der Waals surface area contributed by atoms with E-state index < -0.39 is 5.82 Å². The van der Waals surface area contributed by atoms with Crippen molar-refractivity contribution in [1.82, 2.24) is 19.3 Å². The second kappa shape index (κ2) is 4.79. The van der Waals surface area contributed by atoms with Crippen molar-refractivity contribution in [3.8, 4) is 0 Å². The van der Waals surface area contributed by atoms with E-state index in [4.69, 9.17) is 17.3 Å². The summed E-state index contributed by atoms with van der Waals surface area (Å²) in [6.45, 7) is 0.600. The minimum atomic E-state index is -0.471. The zero-order chi connectivity index (χ0) is 14.3. The van der Waals surface area contributed by atoms with Crippen molar-refractivity contribution in [1.29, 1.82) is 0 Å². The number of imidazole rings is 1. The highest BCUT2D eigenvalue weighted by Crippen LogP contribution is 2.24. The maximum absolute atomic E-state index is 13.6. The third-order valence-electron chi connectivity index (χ3n) is 3.33. The van der Waals surface area contributed by atoms with Gasteiger partial charge in [0.1, 0.15) is 5.82 Å². The Hall–Kier alpha value is -2.08. The fraction of sp³-hybridized carbons (Fsp3) is 0.231. The van der Waals surface area contributed by atoms with Gasteiger partial charge in [0.15, 0.2) is 0 Å². The predicted octanol–water partition coefficient (Wildman–Crippen LogP) is 2.39. The summed E-state index contributed by atoms with van der Waals surface area (Å²) in [5, 5.41) is 4.16. The number of nitrogens with zero attached hydrogens (tertiary/aromatic N) is 4. The van der Waals surface area contributed by atoms with Gasteiger partial charge in [0.2, 0.25) is 5.95 Å². The van der Waals surface area contributed by atoms with E-state index in [0.717, 1.165) is 12.1 Å². The second-order valence-corrected chi connectivity index (χ2v) is 4.98. The SMILES string of the molecule is Cn1nccc1CCn1c(N)nc2cc(Cl)c(F)cc21. The lowest BCUT2D eigenvalue weighted by Gasteiger charge is -2.07. The molecule has 2 aromatic heterocycles. The lowest BCUT2D eigenvalue weighted by atomic mass is 10.2. The van der Waals surface area contributed by atoms with E-state index in [1.807, 2.05) is 13.1 Å². The Labute approximate surface area is 119 Å². The molecular formula is C13H13ClFN5. The Bertz CT molecular complexity index is 777. The van der Waals surface area contributed by atoms with Gasteiger partial charge < -0.3 is 10.3 Å². The van der Waals surface area contributed by atoms with Crippen molar-refractivity contribution in [2.75, 3.05) is 5.73 Å². The number of benzene rings is 1. The molecule has 104 valence electrons. The topological polar surface area (TPSA) is 61.7 Å². The summed E-state index contributed by atoms with van der Waals surface area (Å²) in [5.41, 5.74) is 8.21. The Morgan fingerprint density at radius 2 is 2.20 bits per heavy atom. The minimum Gasteiger partial charge on any atom is -0.369 e. The fourth-order valence-corrected chi connectivity index (χ4v) is 2.40. The molecule has 0 radical (unpaired) electrons. The average molecular weight is 294 g/mol. The highest BCUT2D eigenvalue weighted by atomic mass is 35.5. The van der Waals surface area contributed by atoms with E-state index in [2.05, 4.69) is 10.1 Å². The van der Waals surface area contributed by atoms with E-state index in [1.165, 1.54) is 12.1 Å². The number of hydrogen-bond donors (Lipinski definition) is 1. The van der Waals surface area contributed by atoms with Gasteiger partial charge in [-0.1, -0.05) is 11.6 Å². The lowest BCUT2D eigenvalue weighted by molar-refractivity contribution is 0.626. The fourth-order valence-electron chi connectivity index (χ4n) is 2.25. The van der Waals surface area contributed by atoms with Crippen LogP contribution in [0.5, 0.6) is 0 Å². The lowest BCUT2D eigenvalue weighted by Crippen LogP contribution is -2.08. The van der Waals surface area contributed by atoms with Crippen LogP contribution in [0.25, 0.3) is 11.0 Å². The van der Waals surface area contributed by atoms with Gasteiger partial charge in [0.05, 0.1) is 16.1 Å². The zero-order valence-electron chi connectivity index (χ0n) is 10.8. The molecule has 0 atom stereocenters. The van der Waals surface area contributed by atoms with Crippen molar-refractivity contribution in [2.45, 2.75) is 13.0 Å². The highest BCUT2D eigenvalue weighted by Gasteiger charge is 2.12. The Balaban J connectivity index is 1.97. The number of hydrogen-bond acceptors (Lipinski definition) is 3. The minimum absolute atomic E-state index is 0.0498. The molecule has 0 aliphatic carbocycles. The third-order valence-corrected chi connectivity index (χ3v) is 3.62. The predicted molar refractivity (Wildman–Crippen MR) is 76.0 cm³/mol. The summed E-state index contributed by atoms with van der Waals surface area (Å²) in [7, 11) is 1.88. The Morgan fingerprint density at radius 1 is 1.40 bits per heavy atom. The van der Waals surface area contributed by atoms with Crippen molar-refractivity contribution in [3.63, 3.8) is 0 Å². The van der Waals surface area contributed by atoms with E-state index in [9.17, 15) is 4.39 Å². The van der Waals surface area contributed by atoms with Crippen LogP contribution >= 0.6 is 11.6 Å². The molecule has 20 heavy (non-hydrogen) atoms. The molecule has 0 bridgehead atoms. The van der Waals surface area contributed by atoms with Crippen LogP contribution in [0.15, 0.2) is 24.4 Å². The Morgan fingerprint density at radius 3 is 2.90 bits per heavy atom. The molecule has 0 aliphatic heterocycles. The number of fused-ring (bicyclic) bond motifs is 1. The number of halogens is 2. The smallest absolute Gasteiger partial charge is 0.201 e. The number of nitrogens with two attached hydrogens (primary N) is 1. The van der Waals surface area contributed by atoms with E-state index in [1.54, 1.807) is 15.4 Å². The second-order valence-electron chi connectivity index (χ2n) is 4.57. The molecule has 3 rings (SSSR count). The number of anilines is 1. The molecule has 3 aromatic rings. The summed E-state index contributed by atoms with van der Waals surface area (Å²) in [6.07, 6.45) is 2.47. The monoisotopic (exact) mass is 293 g/mol. The van der Waals surface area contributed by atoms with Crippen molar-refractivity contribution >= 4 is 28.6 Å². The number of aryl methyl sites for hydroxylation is 3. The van der Waals surface area contributed by atoms with Gasteiger partial charge >= 0.3 is 0 Å². The molecule has 2 heterocycles. The number of aromatic nitrogens is 4. The van der Waals surface area contributed by atoms with Crippen LogP contribution in [0, 0.1) is 5.82 Å². The molecule has 5 nitrogen and oxygen atoms in total. The van der Waals surface area contributed by atoms with Crippen LogP contribution in [-0.2, 0) is 20.0 Å². The molecule has 0 saturated heterocycles. The standard InChI is InChI=1S/C13H13ClFN5/c1-19-8(2-4-17-19)3-5-20-12-7-10(15)9(14)6-11(12)18-13(20)16/h2,4,6-7H,3,5H2,1H3,(H2,16,18). The van der Waals surface area contributed by atoms with E-state index in [-0.39, 0.29) is 5.02 Å². The molecule has 1 aromatic carbocycles. The molecule has 7 heteroatoms. The van der Waals surface area contributed by atoms with Crippen LogP contribution in [-0.4, -0.2) is 19.3 Å². The summed E-state index contributed by atoms with van der Waals surface area (Å²) < 4.78 is 17.2. The van der Waals surface area contributed by atoms with Gasteiger partial charge in [-0.2, -0.15) is 5.10 Å². The summed E-state index contributed by atoms with van der Waals surface area (Å²) in [5.74, 6) is -0.121. The normalized spacial score (nSPS) is 11.3. The van der Waals surface area contributed by atoms with E-state index >= 15 is 0 Å². The first-order valence-corrected chi connectivity index (χ1v) is 6.51. The summed E-state index contributed by atoms with van der Waals surface area (Å²) in [4.78, 5) is 4.20. The molecule has 2 N–H and O–H groups in total. The molecule has 0 aliphatic rings. The average Bonchev–Trinajstić information content (AvgIpc) is 2.92. The Kier molecular flexibility index (Phi) is 3.10. The van der Waals surface area contributed by atoms with Crippen LogP contribution < -0.4 is 5.73 Å². The van der Waals surface area contributed by atoms with Gasteiger partial charge in [-0.15, -0.1) is 0 Å². The highest BCUT2D eigenvalue weighted by molar-refractivity contribution is 6.31. The first-order chi connectivity index (χ1) is 9.56.